The highest BCUT2D eigenvalue weighted by atomic mass is 35.5. The molecule has 0 aliphatic carbocycles. The summed E-state index contributed by atoms with van der Waals surface area (Å²) < 4.78 is 18.6. The first-order valence-corrected chi connectivity index (χ1v) is 7.29. The van der Waals surface area contributed by atoms with Crippen LogP contribution in [0, 0.1) is 5.82 Å². The smallest absolute Gasteiger partial charge is 0.124 e. The van der Waals surface area contributed by atoms with E-state index in [1.54, 1.807) is 6.07 Å². The molecule has 0 aliphatic heterocycles. The fraction of sp³-hybridized carbons (Fsp3) is 0.294. The van der Waals surface area contributed by atoms with E-state index < -0.39 is 0 Å². The number of ether oxygens (including phenoxy) is 1. The molecule has 0 spiro atoms. The summed E-state index contributed by atoms with van der Waals surface area (Å²) >= 11 is 6.03. The Hall–Kier alpha value is -1.58. The van der Waals surface area contributed by atoms with Gasteiger partial charge in [-0.15, -0.1) is 0 Å². The maximum atomic E-state index is 13.0. The average Bonchev–Trinajstić information content (AvgIpc) is 2.42. The van der Waals surface area contributed by atoms with E-state index in [9.17, 15) is 4.39 Å². The molecule has 0 aromatic heterocycles. The molecule has 2 N–H and O–H groups in total. The highest BCUT2D eigenvalue weighted by Crippen LogP contribution is 2.24. The molecule has 1 unspecified atom stereocenters. The lowest BCUT2D eigenvalue weighted by atomic mass is 9.99. The molecule has 0 saturated heterocycles. The Labute approximate surface area is 129 Å². The molecule has 2 nitrogen and oxygen atoms in total. The van der Waals surface area contributed by atoms with E-state index >= 15 is 0 Å². The van der Waals surface area contributed by atoms with Crippen LogP contribution in [0.1, 0.15) is 31.0 Å². The molecule has 2 aromatic carbocycles. The molecule has 0 amide bonds. The van der Waals surface area contributed by atoms with E-state index in [-0.39, 0.29) is 18.0 Å². The third-order valence-corrected chi connectivity index (χ3v) is 3.49. The Morgan fingerprint density at radius 2 is 1.81 bits per heavy atom. The first kappa shape index (κ1) is 15.8. The Bertz CT molecular complexity index is 598. The van der Waals surface area contributed by atoms with Gasteiger partial charge in [-0.3, -0.25) is 0 Å². The van der Waals surface area contributed by atoms with Gasteiger partial charge in [-0.1, -0.05) is 29.8 Å². The van der Waals surface area contributed by atoms with Gasteiger partial charge >= 0.3 is 0 Å². The van der Waals surface area contributed by atoms with Crippen molar-refractivity contribution in [1.82, 2.24) is 0 Å². The van der Waals surface area contributed by atoms with Crippen LogP contribution in [0.5, 0.6) is 5.75 Å². The quantitative estimate of drug-likeness (QED) is 0.882. The molecule has 1 atom stereocenters. The molecule has 112 valence electrons. The second-order valence-electron chi connectivity index (χ2n) is 5.28. The molecule has 2 rings (SSSR count). The van der Waals surface area contributed by atoms with Crippen molar-refractivity contribution in [3.8, 4) is 5.75 Å². The minimum atomic E-state index is -0.340. The van der Waals surface area contributed by atoms with Gasteiger partial charge in [0.2, 0.25) is 0 Å². The first-order chi connectivity index (χ1) is 9.95. The van der Waals surface area contributed by atoms with Gasteiger partial charge in [0.15, 0.2) is 0 Å². The van der Waals surface area contributed by atoms with Gasteiger partial charge in [0.05, 0.1) is 6.10 Å². The fourth-order valence-electron chi connectivity index (χ4n) is 2.11. The largest absolute Gasteiger partial charge is 0.491 e. The van der Waals surface area contributed by atoms with E-state index in [0.717, 1.165) is 16.9 Å². The molecule has 0 saturated carbocycles. The minimum Gasteiger partial charge on any atom is -0.491 e. The van der Waals surface area contributed by atoms with Crippen molar-refractivity contribution in [2.75, 3.05) is 0 Å². The molecule has 0 heterocycles. The summed E-state index contributed by atoms with van der Waals surface area (Å²) in [6.45, 7) is 3.96. The molecule has 0 bridgehead atoms. The van der Waals surface area contributed by atoms with Crippen molar-refractivity contribution in [2.45, 2.75) is 32.4 Å². The van der Waals surface area contributed by atoms with Crippen molar-refractivity contribution in [3.05, 3.63) is 64.4 Å². The van der Waals surface area contributed by atoms with Gasteiger partial charge in [0.1, 0.15) is 11.6 Å². The van der Waals surface area contributed by atoms with Crippen molar-refractivity contribution in [3.63, 3.8) is 0 Å². The lowest BCUT2D eigenvalue weighted by Crippen LogP contribution is -2.14. The molecule has 0 radical (unpaired) electrons. The van der Waals surface area contributed by atoms with E-state index in [4.69, 9.17) is 22.1 Å². The van der Waals surface area contributed by atoms with Gasteiger partial charge in [-0.05, 0) is 55.7 Å². The topological polar surface area (TPSA) is 35.2 Å². The fourth-order valence-corrected chi connectivity index (χ4v) is 2.35. The lowest BCUT2D eigenvalue weighted by molar-refractivity contribution is 0.242. The Morgan fingerprint density at radius 1 is 1.14 bits per heavy atom. The van der Waals surface area contributed by atoms with Crippen molar-refractivity contribution in [1.29, 1.82) is 0 Å². The highest BCUT2D eigenvalue weighted by molar-refractivity contribution is 6.31. The maximum absolute atomic E-state index is 13.0. The number of hydrogen-bond donors (Lipinski definition) is 1. The predicted molar refractivity (Wildman–Crippen MR) is 84.2 cm³/mol. The molecular formula is C17H19ClFNO. The van der Waals surface area contributed by atoms with E-state index in [0.29, 0.717) is 11.4 Å². The van der Waals surface area contributed by atoms with Gasteiger partial charge in [0.25, 0.3) is 0 Å². The second-order valence-corrected chi connectivity index (χ2v) is 5.69. The van der Waals surface area contributed by atoms with Gasteiger partial charge < -0.3 is 10.5 Å². The van der Waals surface area contributed by atoms with E-state index in [1.807, 2.05) is 38.1 Å². The summed E-state index contributed by atoms with van der Waals surface area (Å²) in [6, 6.07) is 11.9. The number of halogens is 2. The Kier molecular flexibility index (Phi) is 5.21. The van der Waals surface area contributed by atoms with Gasteiger partial charge in [-0.2, -0.15) is 0 Å². The zero-order chi connectivity index (χ0) is 15.4. The minimum absolute atomic E-state index is 0.141. The number of rotatable bonds is 5. The maximum Gasteiger partial charge on any atom is 0.124 e. The van der Waals surface area contributed by atoms with Crippen LogP contribution in [-0.2, 0) is 6.42 Å². The van der Waals surface area contributed by atoms with Crippen molar-refractivity contribution >= 4 is 11.6 Å². The number of benzene rings is 2. The van der Waals surface area contributed by atoms with Crippen LogP contribution in [0.3, 0.4) is 0 Å². The van der Waals surface area contributed by atoms with Crippen LogP contribution < -0.4 is 10.5 Å². The average molecular weight is 308 g/mol. The summed E-state index contributed by atoms with van der Waals surface area (Å²) in [5, 5.41) is 0.408. The van der Waals surface area contributed by atoms with Gasteiger partial charge in [0, 0.05) is 11.1 Å². The number of nitrogens with two attached hydrogens (primary N) is 1. The first-order valence-electron chi connectivity index (χ1n) is 6.92. The van der Waals surface area contributed by atoms with Gasteiger partial charge in [-0.25, -0.2) is 4.39 Å². The van der Waals surface area contributed by atoms with Crippen LogP contribution >= 0.6 is 11.6 Å². The third-order valence-electron chi connectivity index (χ3n) is 3.13. The lowest BCUT2D eigenvalue weighted by Gasteiger charge is -2.15. The van der Waals surface area contributed by atoms with Crippen molar-refractivity contribution < 1.29 is 9.13 Å². The zero-order valence-electron chi connectivity index (χ0n) is 12.1. The van der Waals surface area contributed by atoms with Crippen LogP contribution in [0.25, 0.3) is 0 Å². The molecule has 21 heavy (non-hydrogen) atoms. The van der Waals surface area contributed by atoms with Crippen molar-refractivity contribution in [2.24, 2.45) is 5.73 Å². The molecule has 4 heteroatoms. The Morgan fingerprint density at radius 3 is 2.38 bits per heavy atom. The van der Waals surface area contributed by atoms with Crippen LogP contribution in [-0.4, -0.2) is 6.10 Å². The normalized spacial score (nSPS) is 12.5. The summed E-state index contributed by atoms with van der Waals surface area (Å²) in [5.74, 6) is 0.480. The highest BCUT2D eigenvalue weighted by Gasteiger charge is 2.10. The predicted octanol–water partition coefficient (Wildman–Crippen LogP) is 4.51. The molecular weight excluding hydrogens is 289 g/mol. The zero-order valence-corrected chi connectivity index (χ0v) is 12.9. The molecule has 0 aliphatic rings. The standard InChI is InChI=1S/C17H19ClFNO/c1-11(2)21-15-7-4-12(5-8-15)17(20)9-13-3-6-14(19)10-16(13)18/h3-8,10-11,17H,9,20H2,1-2H3. The molecule has 2 aromatic rings. The van der Waals surface area contributed by atoms with Crippen LogP contribution in [0.2, 0.25) is 5.02 Å². The monoisotopic (exact) mass is 307 g/mol. The SMILES string of the molecule is CC(C)Oc1ccc(C(N)Cc2ccc(F)cc2Cl)cc1. The summed E-state index contributed by atoms with van der Waals surface area (Å²) in [6.07, 6.45) is 0.700. The summed E-state index contributed by atoms with van der Waals surface area (Å²) in [7, 11) is 0. The van der Waals surface area contributed by atoms with Crippen LogP contribution in [0.15, 0.2) is 42.5 Å². The Balaban J connectivity index is 2.07. The number of hydrogen-bond acceptors (Lipinski definition) is 2. The van der Waals surface area contributed by atoms with E-state index in [1.165, 1.54) is 12.1 Å². The summed E-state index contributed by atoms with van der Waals surface area (Å²) in [4.78, 5) is 0. The third kappa shape index (κ3) is 4.45. The van der Waals surface area contributed by atoms with E-state index in [2.05, 4.69) is 0 Å². The van der Waals surface area contributed by atoms with Crippen LogP contribution in [0.4, 0.5) is 4.39 Å². The summed E-state index contributed by atoms with van der Waals surface area (Å²) in [5.41, 5.74) is 8.03. The second kappa shape index (κ2) is 6.92. The molecule has 0 fully saturated rings.